The Morgan fingerprint density at radius 1 is 1.25 bits per heavy atom. The molecule has 0 aromatic carbocycles. The first-order chi connectivity index (χ1) is 7.79. The summed E-state index contributed by atoms with van der Waals surface area (Å²) in [5.41, 5.74) is 0. The zero-order chi connectivity index (χ0) is 11.4. The van der Waals surface area contributed by atoms with Crippen LogP contribution in [0.2, 0.25) is 0 Å². The van der Waals surface area contributed by atoms with E-state index < -0.39 is 0 Å². The van der Waals surface area contributed by atoms with Crippen LogP contribution in [-0.2, 0) is 0 Å². The van der Waals surface area contributed by atoms with Gasteiger partial charge >= 0.3 is 0 Å². The van der Waals surface area contributed by atoms with Crippen LogP contribution in [0.1, 0.15) is 32.6 Å². The highest BCUT2D eigenvalue weighted by Crippen LogP contribution is 2.15. The highest BCUT2D eigenvalue weighted by molar-refractivity contribution is 4.84. The minimum absolute atomic E-state index is 0.762. The lowest BCUT2D eigenvalue weighted by atomic mass is 10.1. The number of hydrogen-bond acceptors (Lipinski definition) is 3. The van der Waals surface area contributed by atoms with Gasteiger partial charge in [-0.25, -0.2) is 0 Å². The van der Waals surface area contributed by atoms with Gasteiger partial charge in [-0.15, -0.1) is 0 Å². The molecule has 2 fully saturated rings. The zero-order valence-electron chi connectivity index (χ0n) is 10.9. The zero-order valence-corrected chi connectivity index (χ0v) is 10.9. The molecule has 2 saturated heterocycles. The van der Waals surface area contributed by atoms with Crippen LogP contribution in [0, 0.1) is 0 Å². The van der Waals surface area contributed by atoms with Crippen molar-refractivity contribution in [3.05, 3.63) is 0 Å². The van der Waals surface area contributed by atoms with Gasteiger partial charge in [0.2, 0.25) is 0 Å². The number of likely N-dealkylation sites (N-methyl/N-ethyl adjacent to an activating group) is 1. The normalized spacial score (nSPS) is 34.1. The summed E-state index contributed by atoms with van der Waals surface area (Å²) in [6.45, 7) is 8.65. The molecule has 0 saturated carbocycles. The number of nitrogens with one attached hydrogen (secondary N) is 1. The largest absolute Gasteiger partial charge is 0.313 e. The minimum atomic E-state index is 0.762. The van der Waals surface area contributed by atoms with Crippen LogP contribution in [-0.4, -0.2) is 61.7 Å². The molecule has 0 bridgehead atoms. The van der Waals surface area contributed by atoms with Crippen molar-refractivity contribution in [1.29, 1.82) is 0 Å². The van der Waals surface area contributed by atoms with E-state index in [-0.39, 0.29) is 0 Å². The summed E-state index contributed by atoms with van der Waals surface area (Å²) < 4.78 is 0. The predicted molar refractivity (Wildman–Crippen MR) is 68.8 cm³/mol. The molecule has 94 valence electrons. The molecule has 1 N–H and O–H groups in total. The highest BCUT2D eigenvalue weighted by atomic mass is 15.2. The third kappa shape index (κ3) is 3.19. The Morgan fingerprint density at radius 3 is 2.81 bits per heavy atom. The van der Waals surface area contributed by atoms with Gasteiger partial charge in [0.15, 0.2) is 0 Å². The predicted octanol–water partition coefficient (Wildman–Crippen LogP) is 1.15. The molecule has 2 rings (SSSR count). The lowest BCUT2D eigenvalue weighted by molar-refractivity contribution is 0.170. The van der Waals surface area contributed by atoms with Crippen molar-refractivity contribution in [2.45, 2.75) is 44.7 Å². The van der Waals surface area contributed by atoms with Crippen LogP contribution in [0.25, 0.3) is 0 Å². The molecule has 2 aliphatic heterocycles. The van der Waals surface area contributed by atoms with E-state index in [1.54, 1.807) is 0 Å². The molecule has 0 aromatic rings. The molecule has 0 amide bonds. The topological polar surface area (TPSA) is 18.5 Å². The van der Waals surface area contributed by atoms with Gasteiger partial charge in [0.05, 0.1) is 0 Å². The lowest BCUT2D eigenvalue weighted by Gasteiger charge is -2.32. The van der Waals surface area contributed by atoms with Gasteiger partial charge in [-0.05, 0) is 52.4 Å². The second-order valence-electron chi connectivity index (χ2n) is 5.47. The Balaban J connectivity index is 1.88. The fourth-order valence-electron chi connectivity index (χ4n) is 3.12. The molecule has 0 spiro atoms. The lowest BCUT2D eigenvalue weighted by Crippen LogP contribution is -2.45. The second-order valence-corrected chi connectivity index (χ2v) is 5.47. The number of hydrogen-bond donors (Lipinski definition) is 1. The average Bonchev–Trinajstić information content (AvgIpc) is 2.70. The monoisotopic (exact) mass is 225 g/mol. The van der Waals surface area contributed by atoms with Gasteiger partial charge in [0.1, 0.15) is 0 Å². The van der Waals surface area contributed by atoms with Crippen molar-refractivity contribution in [3.63, 3.8) is 0 Å². The maximum absolute atomic E-state index is 3.62. The van der Waals surface area contributed by atoms with Crippen molar-refractivity contribution < 1.29 is 0 Å². The van der Waals surface area contributed by atoms with Gasteiger partial charge in [-0.2, -0.15) is 0 Å². The van der Waals surface area contributed by atoms with E-state index in [1.807, 2.05) is 0 Å². The molecule has 0 radical (unpaired) electrons. The molecule has 3 heteroatoms. The molecule has 0 aliphatic carbocycles. The molecule has 16 heavy (non-hydrogen) atoms. The summed E-state index contributed by atoms with van der Waals surface area (Å²) in [4.78, 5) is 5.22. The first-order valence-corrected chi connectivity index (χ1v) is 6.95. The summed E-state index contributed by atoms with van der Waals surface area (Å²) in [5.74, 6) is 0. The molecular weight excluding hydrogens is 198 g/mol. The van der Waals surface area contributed by atoms with Crippen LogP contribution in [0.3, 0.4) is 0 Å². The summed E-state index contributed by atoms with van der Waals surface area (Å²) in [7, 11) is 2.26. The Labute approximate surface area is 100 Å². The van der Waals surface area contributed by atoms with Crippen molar-refractivity contribution in [2.75, 3.05) is 39.8 Å². The van der Waals surface area contributed by atoms with E-state index in [2.05, 4.69) is 29.1 Å². The minimum Gasteiger partial charge on any atom is -0.313 e. The Bertz CT molecular complexity index is 201. The van der Waals surface area contributed by atoms with Crippen LogP contribution in [0.4, 0.5) is 0 Å². The van der Waals surface area contributed by atoms with Crippen LogP contribution in [0.15, 0.2) is 0 Å². The summed E-state index contributed by atoms with van der Waals surface area (Å²) in [6, 6.07) is 1.53. The number of rotatable bonds is 3. The van der Waals surface area contributed by atoms with Crippen LogP contribution >= 0.6 is 0 Å². The standard InChI is InChI=1S/C13H27N3/c1-3-13-11-15(2)8-5-9-16(13)10-12-6-4-7-14-12/h12-14H,3-11H2,1-2H3. The van der Waals surface area contributed by atoms with Gasteiger partial charge in [0.25, 0.3) is 0 Å². The summed E-state index contributed by atoms with van der Waals surface area (Å²) >= 11 is 0. The second kappa shape index (κ2) is 5.99. The fraction of sp³-hybridized carbons (Fsp3) is 1.00. The summed E-state index contributed by atoms with van der Waals surface area (Å²) in [5, 5.41) is 3.62. The molecular formula is C13H27N3. The van der Waals surface area contributed by atoms with Gasteiger partial charge in [-0.1, -0.05) is 6.92 Å². The molecule has 2 atom stereocenters. The van der Waals surface area contributed by atoms with Gasteiger partial charge in [-0.3, -0.25) is 4.90 Å². The van der Waals surface area contributed by atoms with E-state index in [4.69, 9.17) is 0 Å². The first-order valence-electron chi connectivity index (χ1n) is 6.95. The van der Waals surface area contributed by atoms with Crippen molar-refractivity contribution >= 4 is 0 Å². The first kappa shape index (κ1) is 12.3. The van der Waals surface area contributed by atoms with Gasteiger partial charge in [0, 0.05) is 25.2 Å². The van der Waals surface area contributed by atoms with Crippen molar-refractivity contribution in [1.82, 2.24) is 15.1 Å². The average molecular weight is 225 g/mol. The van der Waals surface area contributed by atoms with E-state index in [0.29, 0.717) is 0 Å². The van der Waals surface area contributed by atoms with Crippen LogP contribution < -0.4 is 5.32 Å². The van der Waals surface area contributed by atoms with Crippen molar-refractivity contribution in [2.24, 2.45) is 0 Å². The maximum Gasteiger partial charge on any atom is 0.0221 e. The highest BCUT2D eigenvalue weighted by Gasteiger charge is 2.25. The van der Waals surface area contributed by atoms with E-state index in [1.165, 1.54) is 58.4 Å². The maximum atomic E-state index is 3.62. The smallest absolute Gasteiger partial charge is 0.0221 e. The molecule has 3 nitrogen and oxygen atoms in total. The quantitative estimate of drug-likeness (QED) is 0.777. The third-order valence-electron chi connectivity index (χ3n) is 4.11. The molecule has 2 aliphatic rings. The van der Waals surface area contributed by atoms with E-state index in [9.17, 15) is 0 Å². The van der Waals surface area contributed by atoms with Gasteiger partial charge < -0.3 is 10.2 Å². The SMILES string of the molecule is CCC1CN(C)CCCN1CC1CCCN1. The molecule has 2 heterocycles. The van der Waals surface area contributed by atoms with E-state index in [0.717, 1.165) is 12.1 Å². The van der Waals surface area contributed by atoms with E-state index >= 15 is 0 Å². The molecule has 2 unspecified atom stereocenters. The third-order valence-corrected chi connectivity index (χ3v) is 4.11. The Hall–Kier alpha value is -0.120. The van der Waals surface area contributed by atoms with Crippen molar-refractivity contribution in [3.8, 4) is 0 Å². The fourth-order valence-corrected chi connectivity index (χ4v) is 3.12. The Kier molecular flexibility index (Phi) is 4.62. The Morgan fingerprint density at radius 2 is 2.12 bits per heavy atom. The summed E-state index contributed by atoms with van der Waals surface area (Å²) in [6.07, 6.45) is 5.37. The van der Waals surface area contributed by atoms with Crippen LogP contribution in [0.5, 0.6) is 0 Å². The number of nitrogens with zero attached hydrogens (tertiary/aromatic N) is 2. The molecule has 0 aromatic heterocycles.